The third-order valence-corrected chi connectivity index (χ3v) is 4.44. The lowest BCUT2D eigenvalue weighted by atomic mass is 10.2. The maximum atomic E-state index is 12.4. The van der Waals surface area contributed by atoms with Crippen molar-refractivity contribution >= 4 is 23.2 Å². The molecule has 0 heterocycles. The Morgan fingerprint density at radius 1 is 0.833 bits per heavy atom. The Kier molecular flexibility index (Phi) is 6.70. The van der Waals surface area contributed by atoms with E-state index in [1.165, 1.54) is 4.90 Å². The summed E-state index contributed by atoms with van der Waals surface area (Å²) in [6.07, 6.45) is 0. The summed E-state index contributed by atoms with van der Waals surface area (Å²) in [7, 11) is 5.23. The molecule has 3 aromatic rings. The summed E-state index contributed by atoms with van der Waals surface area (Å²) in [5.74, 6) is 1.22. The molecule has 3 rings (SSSR count). The second kappa shape index (κ2) is 9.60. The van der Waals surface area contributed by atoms with Crippen LogP contribution in [0.4, 0.5) is 11.4 Å². The molecule has 0 saturated carbocycles. The summed E-state index contributed by atoms with van der Waals surface area (Å²) < 4.78 is 5.79. The quantitative estimate of drug-likeness (QED) is 0.640. The van der Waals surface area contributed by atoms with Crippen LogP contribution in [0.15, 0.2) is 78.9 Å². The molecule has 0 saturated heterocycles. The molecule has 2 amide bonds. The molecule has 0 bridgehead atoms. The van der Waals surface area contributed by atoms with E-state index in [1.54, 1.807) is 38.4 Å². The number of nitrogens with zero attached hydrogens (tertiary/aromatic N) is 2. The van der Waals surface area contributed by atoms with Crippen LogP contribution in [-0.4, -0.2) is 44.4 Å². The van der Waals surface area contributed by atoms with Crippen LogP contribution in [0.2, 0.25) is 0 Å². The van der Waals surface area contributed by atoms with E-state index in [0.29, 0.717) is 11.3 Å². The predicted molar refractivity (Wildman–Crippen MR) is 119 cm³/mol. The molecule has 0 spiro atoms. The van der Waals surface area contributed by atoms with E-state index < -0.39 is 0 Å². The Labute approximate surface area is 176 Å². The number of hydrogen-bond acceptors (Lipinski definition) is 4. The fraction of sp³-hybridized carbons (Fsp3) is 0.167. The lowest BCUT2D eigenvalue weighted by molar-refractivity contribution is -0.114. The Morgan fingerprint density at radius 2 is 1.50 bits per heavy atom. The van der Waals surface area contributed by atoms with Gasteiger partial charge in [0.05, 0.1) is 6.54 Å². The molecule has 0 aliphatic carbocycles. The van der Waals surface area contributed by atoms with Gasteiger partial charge in [0.25, 0.3) is 5.91 Å². The van der Waals surface area contributed by atoms with Crippen LogP contribution in [-0.2, 0) is 4.79 Å². The molecule has 0 atom stereocenters. The summed E-state index contributed by atoms with van der Waals surface area (Å²) in [5.41, 5.74) is 2.01. The van der Waals surface area contributed by atoms with Gasteiger partial charge in [0, 0.05) is 38.1 Å². The van der Waals surface area contributed by atoms with Crippen molar-refractivity contribution in [2.24, 2.45) is 0 Å². The molecular formula is C24H25N3O3. The number of para-hydroxylation sites is 1. The van der Waals surface area contributed by atoms with E-state index in [1.807, 2.05) is 66.5 Å². The Hall–Kier alpha value is -3.80. The van der Waals surface area contributed by atoms with E-state index >= 15 is 0 Å². The number of amides is 2. The second-order valence-corrected chi connectivity index (χ2v) is 7.09. The normalized spacial score (nSPS) is 10.2. The maximum absolute atomic E-state index is 12.4. The molecular weight excluding hydrogens is 378 g/mol. The van der Waals surface area contributed by atoms with Crippen molar-refractivity contribution in [3.8, 4) is 11.5 Å². The fourth-order valence-electron chi connectivity index (χ4n) is 2.89. The topological polar surface area (TPSA) is 61.9 Å². The minimum Gasteiger partial charge on any atom is -0.457 e. The van der Waals surface area contributed by atoms with Gasteiger partial charge in [0.15, 0.2) is 0 Å². The third kappa shape index (κ3) is 5.61. The van der Waals surface area contributed by atoms with Crippen molar-refractivity contribution in [1.82, 2.24) is 4.90 Å². The first-order valence-electron chi connectivity index (χ1n) is 9.58. The predicted octanol–water partition coefficient (Wildman–Crippen LogP) is 4.26. The number of carbonyl (C=O) groups excluding carboxylic acids is 2. The number of carbonyl (C=O) groups is 2. The first-order valence-corrected chi connectivity index (χ1v) is 9.58. The average molecular weight is 403 g/mol. The minimum atomic E-state index is -0.170. The molecule has 0 radical (unpaired) electrons. The van der Waals surface area contributed by atoms with Gasteiger partial charge in [-0.15, -0.1) is 0 Å². The van der Waals surface area contributed by atoms with Crippen LogP contribution in [0.5, 0.6) is 11.5 Å². The van der Waals surface area contributed by atoms with Crippen molar-refractivity contribution in [2.45, 2.75) is 0 Å². The zero-order valence-electron chi connectivity index (χ0n) is 17.3. The van der Waals surface area contributed by atoms with Crippen molar-refractivity contribution in [2.75, 3.05) is 37.9 Å². The van der Waals surface area contributed by atoms with Crippen LogP contribution >= 0.6 is 0 Å². The number of likely N-dealkylation sites (N-methyl/N-ethyl adjacent to an activating group) is 1. The van der Waals surface area contributed by atoms with Gasteiger partial charge in [-0.25, -0.2) is 0 Å². The lowest BCUT2D eigenvalue weighted by Crippen LogP contribution is -2.30. The highest BCUT2D eigenvalue weighted by atomic mass is 16.5. The van der Waals surface area contributed by atoms with Gasteiger partial charge in [-0.3, -0.25) is 9.59 Å². The number of hydrogen-bond donors (Lipinski definition) is 1. The highest BCUT2D eigenvalue weighted by Gasteiger charge is 2.11. The molecule has 6 heteroatoms. The molecule has 30 heavy (non-hydrogen) atoms. The monoisotopic (exact) mass is 403 g/mol. The van der Waals surface area contributed by atoms with E-state index in [4.69, 9.17) is 4.74 Å². The summed E-state index contributed by atoms with van der Waals surface area (Å²) in [5, 5.41) is 2.84. The molecule has 154 valence electrons. The maximum Gasteiger partial charge on any atom is 0.253 e. The van der Waals surface area contributed by atoms with Crippen molar-refractivity contribution < 1.29 is 14.3 Å². The molecule has 0 aliphatic rings. The van der Waals surface area contributed by atoms with Crippen LogP contribution in [0, 0.1) is 0 Å². The van der Waals surface area contributed by atoms with E-state index in [2.05, 4.69) is 5.32 Å². The molecule has 6 nitrogen and oxygen atoms in total. The number of nitrogens with one attached hydrogen (secondary N) is 1. The van der Waals surface area contributed by atoms with Gasteiger partial charge in [0.1, 0.15) is 11.5 Å². The molecule has 3 aromatic carbocycles. The van der Waals surface area contributed by atoms with Crippen LogP contribution in [0.25, 0.3) is 0 Å². The largest absolute Gasteiger partial charge is 0.457 e. The van der Waals surface area contributed by atoms with Crippen molar-refractivity contribution in [3.63, 3.8) is 0 Å². The van der Waals surface area contributed by atoms with E-state index in [-0.39, 0.29) is 18.4 Å². The smallest absolute Gasteiger partial charge is 0.253 e. The minimum absolute atomic E-state index is 0.110. The first kappa shape index (κ1) is 20.9. The average Bonchev–Trinajstić information content (AvgIpc) is 2.74. The van der Waals surface area contributed by atoms with Crippen LogP contribution < -0.4 is 15.0 Å². The third-order valence-electron chi connectivity index (χ3n) is 4.44. The van der Waals surface area contributed by atoms with Crippen molar-refractivity contribution in [3.05, 3.63) is 84.4 Å². The van der Waals surface area contributed by atoms with Crippen LogP contribution in [0.3, 0.4) is 0 Å². The molecule has 0 aromatic heterocycles. The number of benzene rings is 3. The Morgan fingerprint density at radius 3 is 2.17 bits per heavy atom. The van der Waals surface area contributed by atoms with Gasteiger partial charge in [-0.2, -0.15) is 0 Å². The lowest BCUT2D eigenvalue weighted by Gasteiger charge is -2.19. The zero-order chi connectivity index (χ0) is 21.5. The zero-order valence-corrected chi connectivity index (χ0v) is 17.3. The highest BCUT2D eigenvalue weighted by Crippen LogP contribution is 2.24. The number of rotatable bonds is 7. The molecule has 1 N–H and O–H groups in total. The Bertz CT molecular complexity index is 1000. The molecule has 0 fully saturated rings. The second-order valence-electron chi connectivity index (χ2n) is 7.09. The fourth-order valence-corrected chi connectivity index (χ4v) is 2.89. The number of ether oxygens (including phenoxy) is 1. The van der Waals surface area contributed by atoms with Gasteiger partial charge in [-0.1, -0.05) is 24.3 Å². The van der Waals surface area contributed by atoms with Gasteiger partial charge in [-0.05, 0) is 54.6 Å². The van der Waals surface area contributed by atoms with E-state index in [9.17, 15) is 9.59 Å². The molecule has 0 unspecified atom stereocenters. The summed E-state index contributed by atoms with van der Waals surface area (Å²) in [6, 6.07) is 24.0. The summed E-state index contributed by atoms with van der Waals surface area (Å²) >= 11 is 0. The first-order chi connectivity index (χ1) is 14.4. The standard InChI is InChI=1S/C24H25N3O3/c1-26(2)24(29)18-8-7-9-19(16-18)25-23(28)17-27(3)20-12-14-22(15-13-20)30-21-10-5-4-6-11-21/h4-16H,17H2,1-3H3,(H,25,28). The van der Waals surface area contributed by atoms with Gasteiger partial charge < -0.3 is 19.9 Å². The molecule has 0 aliphatic heterocycles. The van der Waals surface area contributed by atoms with Gasteiger partial charge >= 0.3 is 0 Å². The highest BCUT2D eigenvalue weighted by molar-refractivity contribution is 5.98. The van der Waals surface area contributed by atoms with Crippen LogP contribution in [0.1, 0.15) is 10.4 Å². The Balaban J connectivity index is 1.58. The van der Waals surface area contributed by atoms with E-state index in [0.717, 1.165) is 17.2 Å². The SMILES string of the molecule is CN(C)C(=O)c1cccc(NC(=O)CN(C)c2ccc(Oc3ccccc3)cc2)c1. The summed E-state index contributed by atoms with van der Waals surface area (Å²) in [6.45, 7) is 0.171. The van der Waals surface area contributed by atoms with Gasteiger partial charge in [0.2, 0.25) is 5.91 Å². The summed E-state index contributed by atoms with van der Waals surface area (Å²) in [4.78, 5) is 27.9. The number of anilines is 2. The van der Waals surface area contributed by atoms with Crippen molar-refractivity contribution in [1.29, 1.82) is 0 Å².